The molecular weight excluding hydrogens is 250 g/mol. The SMILES string of the molecule is CNc1snnc1CSCc1cccc(C)c1. The number of hydrogen-bond donors (Lipinski definition) is 1. The summed E-state index contributed by atoms with van der Waals surface area (Å²) in [5.74, 6) is 1.92. The Morgan fingerprint density at radius 2 is 2.24 bits per heavy atom. The molecule has 3 nitrogen and oxygen atoms in total. The molecule has 2 rings (SSSR count). The summed E-state index contributed by atoms with van der Waals surface area (Å²) in [5.41, 5.74) is 3.73. The Hall–Kier alpha value is -1.07. The van der Waals surface area contributed by atoms with Crippen molar-refractivity contribution in [3.05, 3.63) is 41.1 Å². The van der Waals surface area contributed by atoms with Crippen LogP contribution in [-0.2, 0) is 11.5 Å². The second-order valence-corrected chi connectivity index (χ2v) is 5.52. The average molecular weight is 265 g/mol. The van der Waals surface area contributed by atoms with Crippen LogP contribution in [0.5, 0.6) is 0 Å². The van der Waals surface area contributed by atoms with Gasteiger partial charge in [0.1, 0.15) is 10.7 Å². The smallest absolute Gasteiger partial charge is 0.133 e. The van der Waals surface area contributed by atoms with Gasteiger partial charge in [-0.05, 0) is 12.5 Å². The molecule has 17 heavy (non-hydrogen) atoms. The van der Waals surface area contributed by atoms with E-state index in [4.69, 9.17) is 0 Å². The molecule has 1 N–H and O–H groups in total. The van der Waals surface area contributed by atoms with E-state index in [-0.39, 0.29) is 0 Å². The Morgan fingerprint density at radius 1 is 1.35 bits per heavy atom. The molecule has 0 spiro atoms. The Bertz CT molecular complexity index is 482. The molecule has 0 saturated heterocycles. The molecule has 0 aliphatic rings. The number of nitrogens with one attached hydrogen (secondary N) is 1. The first-order valence-corrected chi connectivity index (χ1v) is 7.34. The summed E-state index contributed by atoms with van der Waals surface area (Å²) in [6, 6.07) is 8.62. The summed E-state index contributed by atoms with van der Waals surface area (Å²) in [4.78, 5) is 0. The molecule has 0 atom stereocenters. The summed E-state index contributed by atoms with van der Waals surface area (Å²) in [5, 5.41) is 8.31. The number of hydrogen-bond acceptors (Lipinski definition) is 5. The van der Waals surface area contributed by atoms with E-state index in [0.717, 1.165) is 22.2 Å². The van der Waals surface area contributed by atoms with Crippen LogP contribution in [0.4, 0.5) is 5.00 Å². The lowest BCUT2D eigenvalue weighted by Gasteiger charge is -2.02. The summed E-state index contributed by atoms with van der Waals surface area (Å²) >= 11 is 3.28. The Balaban J connectivity index is 1.87. The van der Waals surface area contributed by atoms with Crippen LogP contribution < -0.4 is 5.32 Å². The van der Waals surface area contributed by atoms with Crippen LogP contribution >= 0.6 is 23.3 Å². The number of nitrogens with zero attached hydrogens (tertiary/aromatic N) is 2. The van der Waals surface area contributed by atoms with Gasteiger partial charge >= 0.3 is 0 Å². The number of thioether (sulfide) groups is 1. The van der Waals surface area contributed by atoms with Gasteiger partial charge in [0.25, 0.3) is 0 Å². The van der Waals surface area contributed by atoms with Gasteiger partial charge in [-0.1, -0.05) is 34.3 Å². The summed E-state index contributed by atoms with van der Waals surface area (Å²) in [6.45, 7) is 2.12. The molecular formula is C12H15N3S2. The van der Waals surface area contributed by atoms with Crippen LogP contribution in [0.15, 0.2) is 24.3 Å². The molecule has 2 aromatic rings. The highest BCUT2D eigenvalue weighted by Gasteiger charge is 2.05. The monoisotopic (exact) mass is 265 g/mol. The lowest BCUT2D eigenvalue weighted by molar-refractivity contribution is 1.07. The van der Waals surface area contributed by atoms with Crippen molar-refractivity contribution in [2.24, 2.45) is 0 Å². The number of anilines is 1. The van der Waals surface area contributed by atoms with Crippen LogP contribution in [0.25, 0.3) is 0 Å². The molecule has 1 aromatic carbocycles. The van der Waals surface area contributed by atoms with E-state index < -0.39 is 0 Å². The Kier molecular flexibility index (Phi) is 4.39. The van der Waals surface area contributed by atoms with Gasteiger partial charge in [0.05, 0.1) is 0 Å². The van der Waals surface area contributed by atoms with Gasteiger partial charge in [-0.15, -0.1) is 5.10 Å². The lowest BCUT2D eigenvalue weighted by atomic mass is 10.2. The van der Waals surface area contributed by atoms with E-state index in [9.17, 15) is 0 Å². The highest BCUT2D eigenvalue weighted by atomic mass is 32.2. The molecule has 0 fully saturated rings. The van der Waals surface area contributed by atoms with Gasteiger partial charge < -0.3 is 5.32 Å². The van der Waals surface area contributed by atoms with Gasteiger partial charge in [-0.25, -0.2) is 0 Å². The molecule has 90 valence electrons. The zero-order chi connectivity index (χ0) is 12.1. The minimum atomic E-state index is 0.903. The molecule has 0 radical (unpaired) electrons. The first kappa shape index (κ1) is 12.4. The number of rotatable bonds is 5. The maximum atomic E-state index is 4.12. The number of aromatic nitrogens is 2. The highest BCUT2D eigenvalue weighted by molar-refractivity contribution is 7.97. The lowest BCUT2D eigenvalue weighted by Crippen LogP contribution is -1.91. The Morgan fingerprint density at radius 3 is 3.00 bits per heavy atom. The topological polar surface area (TPSA) is 37.8 Å². The summed E-state index contributed by atoms with van der Waals surface area (Å²) in [6.07, 6.45) is 0. The van der Waals surface area contributed by atoms with E-state index in [2.05, 4.69) is 46.1 Å². The molecule has 0 unspecified atom stereocenters. The van der Waals surface area contributed by atoms with E-state index in [0.29, 0.717) is 0 Å². The molecule has 1 heterocycles. The predicted octanol–water partition coefficient (Wildman–Crippen LogP) is 3.32. The van der Waals surface area contributed by atoms with Crippen molar-refractivity contribution in [3.8, 4) is 0 Å². The molecule has 0 bridgehead atoms. The highest BCUT2D eigenvalue weighted by Crippen LogP contribution is 2.24. The van der Waals surface area contributed by atoms with Crippen LogP contribution in [0.3, 0.4) is 0 Å². The molecule has 1 aromatic heterocycles. The fourth-order valence-electron chi connectivity index (χ4n) is 1.56. The third kappa shape index (κ3) is 3.44. The molecule has 0 saturated carbocycles. The van der Waals surface area contributed by atoms with E-state index in [1.807, 2.05) is 18.8 Å². The normalized spacial score (nSPS) is 10.5. The standard InChI is InChI=1S/C12H15N3S2/c1-9-4-3-5-10(6-9)7-16-8-11-12(13-2)17-15-14-11/h3-6,13H,7-8H2,1-2H3. The van der Waals surface area contributed by atoms with Gasteiger partial charge in [0.15, 0.2) is 0 Å². The van der Waals surface area contributed by atoms with Crippen molar-refractivity contribution in [2.75, 3.05) is 12.4 Å². The van der Waals surface area contributed by atoms with Crippen molar-refractivity contribution >= 4 is 28.3 Å². The van der Waals surface area contributed by atoms with E-state index in [1.54, 1.807) is 0 Å². The van der Waals surface area contributed by atoms with Crippen molar-refractivity contribution in [1.82, 2.24) is 9.59 Å². The van der Waals surface area contributed by atoms with Crippen molar-refractivity contribution in [1.29, 1.82) is 0 Å². The second-order valence-electron chi connectivity index (χ2n) is 3.78. The first-order chi connectivity index (χ1) is 8.29. The van der Waals surface area contributed by atoms with Crippen LogP contribution in [0, 0.1) is 6.92 Å². The summed E-state index contributed by atoms with van der Waals surface area (Å²) < 4.78 is 3.95. The van der Waals surface area contributed by atoms with E-state index >= 15 is 0 Å². The third-order valence-corrected chi connectivity index (χ3v) is 4.17. The van der Waals surface area contributed by atoms with Gasteiger partial charge in [-0.3, -0.25) is 0 Å². The second kappa shape index (κ2) is 6.02. The number of benzene rings is 1. The van der Waals surface area contributed by atoms with Gasteiger partial charge in [0.2, 0.25) is 0 Å². The van der Waals surface area contributed by atoms with Crippen molar-refractivity contribution < 1.29 is 0 Å². The molecule has 5 heteroatoms. The fourth-order valence-corrected chi connectivity index (χ4v) is 3.10. The van der Waals surface area contributed by atoms with Crippen molar-refractivity contribution in [2.45, 2.75) is 18.4 Å². The van der Waals surface area contributed by atoms with E-state index in [1.165, 1.54) is 22.7 Å². The predicted molar refractivity (Wildman–Crippen MR) is 75.6 cm³/mol. The fraction of sp³-hybridized carbons (Fsp3) is 0.333. The van der Waals surface area contributed by atoms with Crippen molar-refractivity contribution in [3.63, 3.8) is 0 Å². The number of aryl methyl sites for hydroxylation is 1. The quantitative estimate of drug-likeness (QED) is 0.900. The minimum absolute atomic E-state index is 0.903. The average Bonchev–Trinajstić information content (AvgIpc) is 2.77. The maximum Gasteiger partial charge on any atom is 0.133 e. The van der Waals surface area contributed by atoms with Crippen LogP contribution in [0.2, 0.25) is 0 Å². The molecule has 0 aliphatic heterocycles. The molecule has 0 amide bonds. The Labute approximate surface area is 110 Å². The maximum absolute atomic E-state index is 4.12. The first-order valence-electron chi connectivity index (χ1n) is 5.42. The molecule has 0 aliphatic carbocycles. The van der Waals surface area contributed by atoms with Gasteiger partial charge in [0, 0.05) is 30.1 Å². The minimum Gasteiger partial charge on any atom is -0.377 e. The van der Waals surface area contributed by atoms with Gasteiger partial charge in [-0.2, -0.15) is 11.8 Å². The van der Waals surface area contributed by atoms with Crippen LogP contribution in [-0.4, -0.2) is 16.6 Å². The van der Waals surface area contributed by atoms with Crippen LogP contribution in [0.1, 0.15) is 16.8 Å². The zero-order valence-corrected chi connectivity index (χ0v) is 11.6. The third-order valence-electron chi connectivity index (χ3n) is 2.37. The zero-order valence-electron chi connectivity index (χ0n) is 9.93. The largest absolute Gasteiger partial charge is 0.377 e. The summed E-state index contributed by atoms with van der Waals surface area (Å²) in [7, 11) is 1.91.